The summed E-state index contributed by atoms with van der Waals surface area (Å²) in [6, 6.07) is 5.28. The van der Waals surface area contributed by atoms with Crippen LogP contribution in [0.1, 0.15) is 44.7 Å². The average Bonchev–Trinajstić information content (AvgIpc) is 3.28. The second-order valence-corrected chi connectivity index (χ2v) is 8.35. The number of allylic oxidation sites excluding steroid dienone is 2. The summed E-state index contributed by atoms with van der Waals surface area (Å²) in [6.07, 6.45) is 9.39. The minimum absolute atomic E-state index is 0.0392. The van der Waals surface area contributed by atoms with Gasteiger partial charge in [0.2, 0.25) is 12.7 Å². The van der Waals surface area contributed by atoms with Crippen LogP contribution < -0.4 is 20.1 Å². The molecule has 1 unspecified atom stereocenters. The lowest BCUT2D eigenvalue weighted by atomic mass is 9.91. The smallest absolute Gasteiger partial charge is 0.363 e. The number of ether oxygens (including phenoxy) is 2. The molecule has 2 N–H and O–H groups in total. The van der Waals surface area contributed by atoms with Gasteiger partial charge in [-0.15, -0.1) is 0 Å². The molecule has 0 bridgehead atoms. The maximum absolute atomic E-state index is 13.1. The van der Waals surface area contributed by atoms with Crippen molar-refractivity contribution in [3.05, 3.63) is 47.6 Å². The summed E-state index contributed by atoms with van der Waals surface area (Å²) in [5, 5.41) is 6.58. The van der Waals surface area contributed by atoms with Gasteiger partial charge in [0.05, 0.1) is 0 Å². The quantitative estimate of drug-likeness (QED) is 0.407. The molecule has 174 valence electrons. The number of piperidine rings is 1. The van der Waals surface area contributed by atoms with Crippen molar-refractivity contribution in [3.63, 3.8) is 0 Å². The van der Waals surface area contributed by atoms with Crippen molar-refractivity contribution in [3.8, 4) is 11.5 Å². The first-order valence-electron chi connectivity index (χ1n) is 11.5. The summed E-state index contributed by atoms with van der Waals surface area (Å²) in [6.45, 7) is 7.60. The number of carbonyl (C=O) groups is 1. The molecule has 0 radical (unpaired) electrons. The molecule has 2 aliphatic rings. The number of nitrogens with zero attached hydrogens (tertiary/aromatic N) is 1. The highest BCUT2D eigenvalue weighted by Gasteiger charge is 2.25. The fourth-order valence-corrected chi connectivity index (χ4v) is 4.24. The van der Waals surface area contributed by atoms with Gasteiger partial charge in [0.25, 0.3) is 0 Å². The summed E-state index contributed by atoms with van der Waals surface area (Å²) in [5.74, 6) is 2.04. The molecule has 0 aliphatic carbocycles. The molecule has 1 fully saturated rings. The van der Waals surface area contributed by atoms with Gasteiger partial charge in [0, 0.05) is 13.7 Å². The van der Waals surface area contributed by atoms with Crippen LogP contribution in [0.2, 0.25) is 0 Å². The van der Waals surface area contributed by atoms with Gasteiger partial charge in [0.1, 0.15) is 6.04 Å². The van der Waals surface area contributed by atoms with Gasteiger partial charge >= 0.3 is 7.62 Å². The van der Waals surface area contributed by atoms with Gasteiger partial charge in [-0.2, -0.15) is 0 Å². The number of benzene rings is 1. The van der Waals surface area contributed by atoms with Crippen molar-refractivity contribution >= 4 is 13.5 Å². The Morgan fingerprint density at radius 1 is 1.28 bits per heavy atom. The molecule has 7 nitrogen and oxygen atoms in total. The third-order valence-corrected chi connectivity index (χ3v) is 6.13. The number of amides is 1. The van der Waals surface area contributed by atoms with Crippen molar-refractivity contribution in [2.75, 3.05) is 40.1 Å². The van der Waals surface area contributed by atoms with Gasteiger partial charge in [-0.25, -0.2) is 0 Å². The summed E-state index contributed by atoms with van der Waals surface area (Å²) < 4.78 is 16.2. The van der Waals surface area contributed by atoms with Crippen molar-refractivity contribution in [2.24, 2.45) is 5.92 Å². The van der Waals surface area contributed by atoms with Gasteiger partial charge in [-0.3, -0.25) is 4.79 Å². The van der Waals surface area contributed by atoms with Gasteiger partial charge in [0.15, 0.2) is 11.5 Å². The fraction of sp³-hybridized carbons (Fsp3) is 0.542. The number of carbonyl (C=O) groups excluding carboxylic acids is 1. The highest BCUT2D eigenvalue weighted by molar-refractivity contribution is 6.23. The van der Waals surface area contributed by atoms with E-state index in [1.54, 1.807) is 7.11 Å². The molecule has 2 aliphatic heterocycles. The molecule has 1 aromatic rings. The van der Waals surface area contributed by atoms with Crippen molar-refractivity contribution in [1.82, 2.24) is 15.4 Å². The highest BCUT2D eigenvalue weighted by Crippen LogP contribution is 2.34. The number of rotatable bonds is 11. The fourth-order valence-electron chi connectivity index (χ4n) is 4.24. The Balaban J connectivity index is 1.60. The van der Waals surface area contributed by atoms with Gasteiger partial charge < -0.3 is 29.6 Å². The predicted molar refractivity (Wildman–Crippen MR) is 128 cm³/mol. The van der Waals surface area contributed by atoms with E-state index in [1.807, 2.05) is 50.3 Å². The second-order valence-electron chi connectivity index (χ2n) is 8.35. The minimum Gasteiger partial charge on any atom is -0.454 e. The Labute approximate surface area is 192 Å². The molecule has 1 saturated heterocycles. The Morgan fingerprint density at radius 2 is 2.06 bits per heavy atom. The summed E-state index contributed by atoms with van der Waals surface area (Å²) in [5.41, 5.74) is 1.96. The Hall–Kier alpha value is -2.29. The Morgan fingerprint density at radius 3 is 2.78 bits per heavy atom. The maximum atomic E-state index is 13.1. The van der Waals surface area contributed by atoms with Crippen LogP contribution in [0, 0.1) is 5.92 Å². The maximum Gasteiger partial charge on any atom is 0.363 e. The van der Waals surface area contributed by atoms with E-state index in [4.69, 9.17) is 14.1 Å². The minimum atomic E-state index is -0.443. The van der Waals surface area contributed by atoms with Crippen molar-refractivity contribution in [2.45, 2.75) is 39.2 Å². The molecule has 0 aromatic heterocycles. The molecule has 32 heavy (non-hydrogen) atoms. The monoisotopic (exact) mass is 441 g/mol. The number of nitrogens with one attached hydrogen (secondary N) is 2. The molecular formula is C24H36BN3O4. The standard InChI is InChI=1S/C24H36BN3O4/c1-4-6-18(5-2)16-27-24(29)23(20-7-8-21-22(15-20)32-17-31-21)26-12-9-19-10-13-28(14-11-19)25-30-3/h4-8,15,19,23,25-26H,9-14,16-17H2,1-3H3,(H,27,29)/b6-4-,18-5+. The summed E-state index contributed by atoms with van der Waals surface area (Å²) >= 11 is 0. The number of hydrogen-bond donors (Lipinski definition) is 2. The first-order chi connectivity index (χ1) is 15.6. The third kappa shape index (κ3) is 6.86. The van der Waals surface area contributed by atoms with Crippen LogP contribution in [-0.4, -0.2) is 58.4 Å². The highest BCUT2D eigenvalue weighted by atomic mass is 16.7. The SMILES string of the molecule is C/C=C\C(=C/C)CNC(=O)C(NCCC1CCN(BOC)CC1)c1ccc2c(c1)OCO2. The van der Waals surface area contributed by atoms with E-state index in [9.17, 15) is 4.79 Å². The molecule has 1 amide bonds. The summed E-state index contributed by atoms with van der Waals surface area (Å²) in [7, 11) is 2.45. The van der Waals surface area contributed by atoms with Crippen LogP contribution in [0.4, 0.5) is 0 Å². The number of fused-ring (bicyclic) bond motifs is 1. The number of hydrogen-bond acceptors (Lipinski definition) is 6. The first kappa shape index (κ1) is 24.4. The molecule has 0 saturated carbocycles. The topological polar surface area (TPSA) is 72.1 Å². The molecule has 8 heteroatoms. The van der Waals surface area contributed by atoms with E-state index < -0.39 is 6.04 Å². The van der Waals surface area contributed by atoms with E-state index in [2.05, 4.69) is 15.4 Å². The van der Waals surface area contributed by atoms with E-state index in [0.29, 0.717) is 25.8 Å². The van der Waals surface area contributed by atoms with Crippen LogP contribution >= 0.6 is 0 Å². The molecule has 2 heterocycles. The van der Waals surface area contributed by atoms with Crippen LogP contribution in [0.15, 0.2) is 42.0 Å². The zero-order valence-electron chi connectivity index (χ0n) is 19.6. The second kappa shape index (κ2) is 12.7. The molecular weight excluding hydrogens is 405 g/mol. The Kier molecular flexibility index (Phi) is 9.65. The van der Waals surface area contributed by atoms with Crippen LogP contribution in [-0.2, 0) is 9.45 Å². The normalized spacial score (nSPS) is 18.2. The lowest BCUT2D eigenvalue weighted by Crippen LogP contribution is -2.40. The predicted octanol–water partition coefficient (Wildman–Crippen LogP) is 2.70. The zero-order valence-corrected chi connectivity index (χ0v) is 19.6. The summed E-state index contributed by atoms with van der Waals surface area (Å²) in [4.78, 5) is 15.5. The molecule has 1 atom stereocenters. The van der Waals surface area contributed by atoms with E-state index in [-0.39, 0.29) is 12.7 Å². The van der Waals surface area contributed by atoms with Crippen molar-refractivity contribution in [1.29, 1.82) is 0 Å². The van der Waals surface area contributed by atoms with Crippen LogP contribution in [0.25, 0.3) is 0 Å². The average molecular weight is 441 g/mol. The third-order valence-electron chi connectivity index (χ3n) is 6.13. The van der Waals surface area contributed by atoms with E-state index in [1.165, 1.54) is 12.8 Å². The van der Waals surface area contributed by atoms with Gasteiger partial charge in [-0.1, -0.05) is 24.3 Å². The lowest BCUT2D eigenvalue weighted by Gasteiger charge is -2.31. The van der Waals surface area contributed by atoms with Crippen LogP contribution in [0.3, 0.4) is 0 Å². The van der Waals surface area contributed by atoms with Gasteiger partial charge in [-0.05, 0) is 81.9 Å². The van der Waals surface area contributed by atoms with Crippen LogP contribution in [0.5, 0.6) is 11.5 Å². The zero-order chi connectivity index (χ0) is 22.8. The largest absolute Gasteiger partial charge is 0.454 e. The lowest BCUT2D eigenvalue weighted by molar-refractivity contribution is -0.123. The van der Waals surface area contributed by atoms with E-state index in [0.717, 1.165) is 42.9 Å². The Bertz CT molecular complexity index is 806. The molecule has 0 spiro atoms. The molecule has 3 rings (SSSR count). The van der Waals surface area contributed by atoms with E-state index >= 15 is 0 Å². The van der Waals surface area contributed by atoms with Crippen molar-refractivity contribution < 1.29 is 18.9 Å². The molecule has 1 aromatic carbocycles. The first-order valence-corrected chi connectivity index (χ1v) is 11.5.